The Hall–Kier alpha value is -0.610. The van der Waals surface area contributed by atoms with E-state index < -0.39 is 0 Å². The van der Waals surface area contributed by atoms with Gasteiger partial charge >= 0.3 is 0 Å². The van der Waals surface area contributed by atoms with E-state index in [4.69, 9.17) is 23.2 Å². The number of piperazine rings is 1. The number of benzene rings is 1. The number of carbonyl (C=O) groups is 1. The summed E-state index contributed by atoms with van der Waals surface area (Å²) in [4.78, 5) is 17.3. The molecule has 2 saturated heterocycles. The van der Waals surface area contributed by atoms with E-state index in [0.29, 0.717) is 34.2 Å². The molecule has 3 rings (SSSR count). The van der Waals surface area contributed by atoms with E-state index >= 15 is 0 Å². The molecule has 0 spiro atoms. The van der Waals surface area contributed by atoms with Crippen LogP contribution in [0.2, 0.25) is 10.0 Å². The second-order valence-electron chi connectivity index (χ2n) is 6.12. The van der Waals surface area contributed by atoms with Crippen LogP contribution >= 0.6 is 23.2 Å². The maximum Gasteiger partial charge on any atom is 0.176 e. The highest BCUT2D eigenvalue weighted by Gasteiger charge is 2.34. The van der Waals surface area contributed by atoms with Gasteiger partial charge < -0.3 is 0 Å². The van der Waals surface area contributed by atoms with Crippen molar-refractivity contribution >= 4 is 29.0 Å². The molecule has 1 aromatic rings. The van der Waals surface area contributed by atoms with Crippen molar-refractivity contribution in [1.82, 2.24) is 9.80 Å². The quantitative estimate of drug-likeness (QED) is 0.796. The summed E-state index contributed by atoms with van der Waals surface area (Å²) in [6, 6.07) is 6.17. The highest BCUT2D eigenvalue weighted by molar-refractivity contribution is 6.42. The molecule has 2 fully saturated rings. The van der Waals surface area contributed by atoms with Crippen LogP contribution in [-0.2, 0) is 0 Å². The normalized spacial score (nSPS) is 26.8. The summed E-state index contributed by atoms with van der Waals surface area (Å²) in [7, 11) is 0. The zero-order valence-corrected chi connectivity index (χ0v) is 13.7. The number of hydrogen-bond donors (Lipinski definition) is 0. The number of rotatable bonds is 3. The number of halogens is 2. The van der Waals surface area contributed by atoms with Crippen LogP contribution in [0.15, 0.2) is 18.2 Å². The van der Waals surface area contributed by atoms with Gasteiger partial charge in [0.05, 0.1) is 16.6 Å². The van der Waals surface area contributed by atoms with Crippen molar-refractivity contribution in [2.45, 2.75) is 31.8 Å². The second-order valence-corrected chi connectivity index (χ2v) is 6.94. The maximum absolute atomic E-state index is 12.5. The van der Waals surface area contributed by atoms with E-state index in [1.165, 1.54) is 19.4 Å². The van der Waals surface area contributed by atoms with Crippen molar-refractivity contribution < 1.29 is 4.79 Å². The number of ketones is 1. The number of Topliss-reactive ketones (excluding diaryl/α,β-unsaturated/α-hetero) is 1. The van der Waals surface area contributed by atoms with Gasteiger partial charge in [0, 0.05) is 30.7 Å². The summed E-state index contributed by atoms with van der Waals surface area (Å²) < 4.78 is 0. The minimum absolute atomic E-state index is 0.117. The summed E-state index contributed by atoms with van der Waals surface area (Å²) in [5.74, 6) is 0.117. The van der Waals surface area contributed by atoms with Crippen molar-refractivity contribution in [3.63, 3.8) is 0 Å². The Labute approximate surface area is 135 Å². The fourth-order valence-corrected chi connectivity index (χ4v) is 3.71. The first-order chi connectivity index (χ1) is 10.0. The first kappa shape index (κ1) is 15.3. The molecule has 2 atom stereocenters. The summed E-state index contributed by atoms with van der Waals surface area (Å²) in [6.07, 6.45) is 2.54. The van der Waals surface area contributed by atoms with Gasteiger partial charge in [-0.25, -0.2) is 0 Å². The second kappa shape index (κ2) is 6.25. The van der Waals surface area contributed by atoms with Gasteiger partial charge in [0.2, 0.25) is 0 Å². The molecule has 0 radical (unpaired) electrons. The SMILES string of the molecule is CC1CN2CCCC2CN1CC(=O)c1ccc(Cl)c(Cl)c1. The number of fused-ring (bicyclic) bond motifs is 1. The third-order valence-electron chi connectivity index (χ3n) is 4.65. The molecule has 2 unspecified atom stereocenters. The topological polar surface area (TPSA) is 23.6 Å². The van der Waals surface area contributed by atoms with Crippen molar-refractivity contribution in [2.75, 3.05) is 26.2 Å². The predicted octanol–water partition coefficient (Wildman–Crippen LogP) is 3.34. The van der Waals surface area contributed by atoms with E-state index in [9.17, 15) is 4.79 Å². The first-order valence-electron chi connectivity index (χ1n) is 7.51. The Bertz CT molecular complexity index is 549. The van der Waals surface area contributed by atoms with Crippen LogP contribution < -0.4 is 0 Å². The van der Waals surface area contributed by atoms with Crippen molar-refractivity contribution in [1.29, 1.82) is 0 Å². The van der Waals surface area contributed by atoms with Gasteiger partial charge in [0.15, 0.2) is 5.78 Å². The van der Waals surface area contributed by atoms with E-state index in [0.717, 1.165) is 13.1 Å². The van der Waals surface area contributed by atoms with Gasteiger partial charge in [-0.3, -0.25) is 14.6 Å². The average Bonchev–Trinajstić information content (AvgIpc) is 2.89. The highest BCUT2D eigenvalue weighted by atomic mass is 35.5. The molecular weight excluding hydrogens is 307 g/mol. The molecule has 3 nitrogen and oxygen atoms in total. The van der Waals surface area contributed by atoms with Gasteiger partial charge in [0.25, 0.3) is 0 Å². The third kappa shape index (κ3) is 3.26. The Kier molecular flexibility index (Phi) is 4.55. The van der Waals surface area contributed by atoms with Gasteiger partial charge in [-0.05, 0) is 44.5 Å². The minimum Gasteiger partial charge on any atom is -0.298 e. The summed E-state index contributed by atoms with van der Waals surface area (Å²) >= 11 is 11.9. The number of carbonyl (C=O) groups excluding carboxylic acids is 1. The molecule has 21 heavy (non-hydrogen) atoms. The van der Waals surface area contributed by atoms with Crippen LogP contribution in [0.3, 0.4) is 0 Å². The monoisotopic (exact) mass is 326 g/mol. The lowest BCUT2D eigenvalue weighted by Crippen LogP contribution is -2.55. The molecular formula is C16H20Cl2N2O. The van der Waals surface area contributed by atoms with E-state index in [2.05, 4.69) is 16.7 Å². The molecule has 0 amide bonds. The predicted molar refractivity (Wildman–Crippen MR) is 86.4 cm³/mol. The summed E-state index contributed by atoms with van der Waals surface area (Å²) in [6.45, 7) is 5.94. The molecule has 1 aromatic carbocycles. The van der Waals surface area contributed by atoms with Crippen molar-refractivity contribution in [3.8, 4) is 0 Å². The number of hydrogen-bond acceptors (Lipinski definition) is 3. The van der Waals surface area contributed by atoms with E-state index in [1.807, 2.05) is 0 Å². The lowest BCUT2D eigenvalue weighted by atomic mass is 10.1. The van der Waals surface area contributed by atoms with Crippen molar-refractivity contribution in [3.05, 3.63) is 33.8 Å². The third-order valence-corrected chi connectivity index (χ3v) is 5.39. The molecule has 5 heteroatoms. The maximum atomic E-state index is 12.5. The molecule has 0 aromatic heterocycles. The lowest BCUT2D eigenvalue weighted by molar-refractivity contribution is 0.0535. The lowest BCUT2D eigenvalue weighted by Gasteiger charge is -2.42. The Morgan fingerprint density at radius 1 is 1.29 bits per heavy atom. The van der Waals surface area contributed by atoms with Gasteiger partial charge in [-0.15, -0.1) is 0 Å². The smallest absolute Gasteiger partial charge is 0.176 e. The van der Waals surface area contributed by atoms with Crippen LogP contribution in [0.5, 0.6) is 0 Å². The molecule has 2 heterocycles. The molecule has 0 bridgehead atoms. The number of nitrogens with zero attached hydrogens (tertiary/aromatic N) is 2. The van der Waals surface area contributed by atoms with Crippen LogP contribution in [0, 0.1) is 0 Å². The Morgan fingerprint density at radius 3 is 2.86 bits per heavy atom. The fraction of sp³-hybridized carbons (Fsp3) is 0.562. The van der Waals surface area contributed by atoms with Gasteiger partial charge in [0.1, 0.15) is 0 Å². The van der Waals surface area contributed by atoms with Crippen LogP contribution in [0.25, 0.3) is 0 Å². The largest absolute Gasteiger partial charge is 0.298 e. The zero-order valence-electron chi connectivity index (χ0n) is 12.2. The highest BCUT2D eigenvalue weighted by Crippen LogP contribution is 2.26. The molecule has 114 valence electrons. The molecule has 0 aliphatic carbocycles. The van der Waals surface area contributed by atoms with E-state index in [-0.39, 0.29) is 5.78 Å². The molecule has 2 aliphatic heterocycles. The van der Waals surface area contributed by atoms with E-state index in [1.54, 1.807) is 18.2 Å². The Balaban J connectivity index is 1.67. The summed E-state index contributed by atoms with van der Waals surface area (Å²) in [5.41, 5.74) is 0.644. The van der Waals surface area contributed by atoms with Crippen molar-refractivity contribution in [2.24, 2.45) is 0 Å². The first-order valence-corrected chi connectivity index (χ1v) is 8.26. The van der Waals surface area contributed by atoms with Crippen LogP contribution in [-0.4, -0.2) is 53.8 Å². The van der Waals surface area contributed by atoms with Crippen LogP contribution in [0.1, 0.15) is 30.1 Å². The van der Waals surface area contributed by atoms with Gasteiger partial charge in [-0.2, -0.15) is 0 Å². The summed E-state index contributed by atoms with van der Waals surface area (Å²) in [5, 5.41) is 0.928. The standard InChI is InChI=1S/C16H20Cl2N2O/c1-11-8-19-6-2-3-13(19)9-20(11)10-16(21)12-4-5-14(17)15(18)7-12/h4-5,7,11,13H,2-3,6,8-10H2,1H3. The molecule has 2 aliphatic rings. The fourth-order valence-electron chi connectivity index (χ4n) is 3.41. The Morgan fingerprint density at radius 2 is 2.10 bits per heavy atom. The van der Waals surface area contributed by atoms with Gasteiger partial charge in [-0.1, -0.05) is 23.2 Å². The molecule has 0 N–H and O–H groups in total. The molecule has 0 saturated carbocycles. The minimum atomic E-state index is 0.117. The average molecular weight is 327 g/mol. The van der Waals surface area contributed by atoms with Crippen LogP contribution in [0.4, 0.5) is 0 Å². The zero-order chi connectivity index (χ0) is 15.0.